The summed E-state index contributed by atoms with van der Waals surface area (Å²) in [5.41, 5.74) is 3.16. The molecule has 0 atom stereocenters. The minimum Gasteiger partial charge on any atom is -0.376 e. The highest BCUT2D eigenvalue weighted by molar-refractivity contribution is 6.31. The smallest absolute Gasteiger partial charge is 0.243 e. The molecule has 0 saturated heterocycles. The fourth-order valence-electron chi connectivity index (χ4n) is 2.34. The Bertz CT molecular complexity index is 908. The van der Waals surface area contributed by atoms with Crippen LogP contribution in [0.25, 0.3) is 5.69 Å². The molecule has 2 aromatic carbocycles. The van der Waals surface area contributed by atoms with Crippen molar-refractivity contribution in [3.63, 3.8) is 0 Å². The van der Waals surface area contributed by atoms with Crippen molar-refractivity contribution in [2.75, 3.05) is 17.2 Å². The first-order chi connectivity index (χ1) is 12.0. The SMILES string of the molecule is Cc1c(Cl)cccc1NC(=O)CNc1cccc(-n2nnnc2C)c1. The molecule has 3 rings (SSSR count). The largest absolute Gasteiger partial charge is 0.376 e. The third-order valence-corrected chi connectivity index (χ3v) is 4.12. The number of carbonyl (C=O) groups excluding carboxylic acids is 1. The van der Waals surface area contributed by atoms with Crippen LogP contribution in [-0.4, -0.2) is 32.7 Å². The molecular weight excluding hydrogens is 340 g/mol. The number of aryl methyl sites for hydroxylation is 1. The summed E-state index contributed by atoms with van der Waals surface area (Å²) < 4.78 is 1.63. The molecule has 0 aliphatic carbocycles. The molecule has 0 radical (unpaired) electrons. The van der Waals surface area contributed by atoms with Gasteiger partial charge in [0.2, 0.25) is 5.91 Å². The molecule has 0 fully saturated rings. The van der Waals surface area contributed by atoms with Gasteiger partial charge >= 0.3 is 0 Å². The van der Waals surface area contributed by atoms with E-state index in [0.29, 0.717) is 16.5 Å². The van der Waals surface area contributed by atoms with E-state index in [2.05, 4.69) is 26.2 Å². The van der Waals surface area contributed by atoms with Gasteiger partial charge in [0.15, 0.2) is 5.82 Å². The van der Waals surface area contributed by atoms with Crippen molar-refractivity contribution in [1.82, 2.24) is 20.2 Å². The number of carbonyl (C=O) groups is 1. The zero-order valence-electron chi connectivity index (χ0n) is 13.8. The molecule has 0 aliphatic rings. The topological polar surface area (TPSA) is 84.7 Å². The second kappa shape index (κ2) is 7.31. The number of halogens is 1. The van der Waals surface area contributed by atoms with Crippen LogP contribution in [0.15, 0.2) is 42.5 Å². The molecule has 0 spiro atoms. The summed E-state index contributed by atoms with van der Waals surface area (Å²) in [4.78, 5) is 12.2. The fourth-order valence-corrected chi connectivity index (χ4v) is 2.51. The fraction of sp³-hybridized carbons (Fsp3) is 0.176. The van der Waals surface area contributed by atoms with Crippen LogP contribution < -0.4 is 10.6 Å². The van der Waals surface area contributed by atoms with Gasteiger partial charge in [0.25, 0.3) is 0 Å². The van der Waals surface area contributed by atoms with Gasteiger partial charge in [-0.25, -0.2) is 0 Å². The molecule has 0 unspecified atom stereocenters. The third kappa shape index (κ3) is 3.95. The number of nitrogens with one attached hydrogen (secondary N) is 2. The number of benzene rings is 2. The van der Waals surface area contributed by atoms with Crippen LogP contribution in [0.2, 0.25) is 5.02 Å². The second-order valence-electron chi connectivity index (χ2n) is 5.50. The predicted octanol–water partition coefficient (Wildman–Crippen LogP) is 2.98. The molecular formula is C17H17ClN6O. The van der Waals surface area contributed by atoms with E-state index < -0.39 is 0 Å². The monoisotopic (exact) mass is 356 g/mol. The lowest BCUT2D eigenvalue weighted by Gasteiger charge is -2.11. The van der Waals surface area contributed by atoms with Crippen molar-refractivity contribution in [3.05, 3.63) is 58.9 Å². The molecule has 25 heavy (non-hydrogen) atoms. The van der Waals surface area contributed by atoms with Crippen LogP contribution in [0.5, 0.6) is 0 Å². The first-order valence-corrected chi connectivity index (χ1v) is 8.06. The molecule has 128 valence electrons. The van der Waals surface area contributed by atoms with Crippen molar-refractivity contribution in [2.45, 2.75) is 13.8 Å². The summed E-state index contributed by atoms with van der Waals surface area (Å²) in [7, 11) is 0. The van der Waals surface area contributed by atoms with Gasteiger partial charge in [-0.1, -0.05) is 23.7 Å². The van der Waals surface area contributed by atoms with E-state index in [-0.39, 0.29) is 12.5 Å². The Balaban J connectivity index is 1.65. The normalized spacial score (nSPS) is 10.5. The van der Waals surface area contributed by atoms with Crippen molar-refractivity contribution < 1.29 is 4.79 Å². The Kier molecular flexibility index (Phi) is 4.95. The summed E-state index contributed by atoms with van der Waals surface area (Å²) >= 11 is 6.06. The van der Waals surface area contributed by atoms with Crippen molar-refractivity contribution in [2.24, 2.45) is 0 Å². The van der Waals surface area contributed by atoms with Crippen molar-refractivity contribution >= 4 is 28.9 Å². The van der Waals surface area contributed by atoms with Gasteiger partial charge in [-0.15, -0.1) is 5.10 Å². The second-order valence-corrected chi connectivity index (χ2v) is 5.91. The maximum absolute atomic E-state index is 12.2. The van der Waals surface area contributed by atoms with E-state index >= 15 is 0 Å². The molecule has 1 heterocycles. The van der Waals surface area contributed by atoms with Gasteiger partial charge in [0.05, 0.1) is 12.2 Å². The molecule has 1 aromatic heterocycles. The number of amides is 1. The van der Waals surface area contributed by atoms with Crippen LogP contribution in [0.1, 0.15) is 11.4 Å². The predicted molar refractivity (Wildman–Crippen MR) is 97.2 cm³/mol. The lowest BCUT2D eigenvalue weighted by Crippen LogP contribution is -2.22. The van der Waals surface area contributed by atoms with Gasteiger partial charge in [0, 0.05) is 16.4 Å². The number of hydrogen-bond acceptors (Lipinski definition) is 5. The van der Waals surface area contributed by atoms with Crippen LogP contribution in [0, 0.1) is 13.8 Å². The Labute approximate surface area is 150 Å². The summed E-state index contributed by atoms with van der Waals surface area (Å²) in [5, 5.41) is 18.0. The zero-order chi connectivity index (χ0) is 17.8. The van der Waals surface area contributed by atoms with Crippen LogP contribution in [-0.2, 0) is 4.79 Å². The first kappa shape index (κ1) is 16.9. The summed E-state index contributed by atoms with van der Waals surface area (Å²) in [5.74, 6) is 0.528. The molecule has 2 N–H and O–H groups in total. The van der Waals surface area contributed by atoms with Crippen LogP contribution >= 0.6 is 11.6 Å². The Morgan fingerprint density at radius 1 is 1.20 bits per heavy atom. The number of anilines is 2. The minimum atomic E-state index is -0.158. The van der Waals surface area contributed by atoms with Gasteiger partial charge < -0.3 is 10.6 Å². The summed E-state index contributed by atoms with van der Waals surface area (Å²) in [6.07, 6.45) is 0. The Morgan fingerprint density at radius 2 is 2.00 bits per heavy atom. The molecule has 0 bridgehead atoms. The number of rotatable bonds is 5. The highest BCUT2D eigenvalue weighted by atomic mass is 35.5. The minimum absolute atomic E-state index is 0.129. The van der Waals surface area contributed by atoms with E-state index in [0.717, 1.165) is 16.9 Å². The number of nitrogens with zero attached hydrogens (tertiary/aromatic N) is 4. The van der Waals surface area contributed by atoms with E-state index in [1.165, 1.54) is 0 Å². The van der Waals surface area contributed by atoms with E-state index in [4.69, 9.17) is 11.6 Å². The number of tetrazole rings is 1. The quantitative estimate of drug-likeness (QED) is 0.734. The van der Waals surface area contributed by atoms with Crippen molar-refractivity contribution in [3.8, 4) is 5.69 Å². The maximum atomic E-state index is 12.2. The van der Waals surface area contributed by atoms with Gasteiger partial charge in [-0.05, 0) is 60.2 Å². The Hall–Kier alpha value is -2.93. The molecule has 1 amide bonds. The standard InChI is InChI=1S/C17H17ClN6O/c1-11-15(18)7-4-8-16(11)20-17(25)10-19-13-5-3-6-14(9-13)24-12(2)21-22-23-24/h3-9,19H,10H2,1-2H3,(H,20,25). The lowest BCUT2D eigenvalue weighted by molar-refractivity contribution is -0.114. The third-order valence-electron chi connectivity index (χ3n) is 3.71. The number of hydrogen-bond donors (Lipinski definition) is 2. The van der Waals surface area contributed by atoms with Gasteiger partial charge in [-0.2, -0.15) is 4.68 Å². The number of aromatic nitrogens is 4. The molecule has 0 aliphatic heterocycles. The zero-order valence-corrected chi connectivity index (χ0v) is 14.6. The highest BCUT2D eigenvalue weighted by Gasteiger charge is 2.08. The van der Waals surface area contributed by atoms with Gasteiger partial charge in [-0.3, -0.25) is 4.79 Å². The summed E-state index contributed by atoms with van der Waals surface area (Å²) in [6, 6.07) is 12.9. The van der Waals surface area contributed by atoms with E-state index in [1.807, 2.05) is 44.2 Å². The average Bonchev–Trinajstić information content (AvgIpc) is 3.03. The van der Waals surface area contributed by atoms with Crippen molar-refractivity contribution in [1.29, 1.82) is 0 Å². The Morgan fingerprint density at radius 3 is 2.76 bits per heavy atom. The van der Waals surface area contributed by atoms with Gasteiger partial charge in [0.1, 0.15) is 0 Å². The van der Waals surface area contributed by atoms with E-state index in [1.54, 1.807) is 16.8 Å². The molecule has 8 heteroatoms. The first-order valence-electron chi connectivity index (χ1n) is 7.69. The maximum Gasteiger partial charge on any atom is 0.243 e. The summed E-state index contributed by atoms with van der Waals surface area (Å²) in [6.45, 7) is 3.81. The molecule has 7 nitrogen and oxygen atoms in total. The molecule has 0 saturated carbocycles. The highest BCUT2D eigenvalue weighted by Crippen LogP contribution is 2.22. The van der Waals surface area contributed by atoms with Crippen LogP contribution in [0.3, 0.4) is 0 Å². The van der Waals surface area contributed by atoms with Crippen LogP contribution in [0.4, 0.5) is 11.4 Å². The van der Waals surface area contributed by atoms with E-state index in [9.17, 15) is 4.79 Å². The lowest BCUT2D eigenvalue weighted by atomic mass is 10.2. The average molecular weight is 357 g/mol. The molecule has 3 aromatic rings.